The van der Waals surface area contributed by atoms with Crippen LogP contribution in [0.25, 0.3) is 0 Å². The van der Waals surface area contributed by atoms with Crippen LogP contribution in [0.3, 0.4) is 0 Å². The van der Waals surface area contributed by atoms with Crippen LogP contribution in [0.1, 0.15) is 29.5 Å². The molecule has 10 heteroatoms. The molecule has 1 fully saturated rings. The van der Waals surface area contributed by atoms with Gasteiger partial charge in [-0.25, -0.2) is 13.4 Å². The second-order valence-corrected chi connectivity index (χ2v) is 10.2. The van der Waals surface area contributed by atoms with E-state index in [0.29, 0.717) is 29.1 Å². The molecular weight excluding hydrogens is 448 g/mol. The molecule has 1 aliphatic carbocycles. The number of anilines is 1. The van der Waals surface area contributed by atoms with Crippen molar-refractivity contribution in [1.29, 1.82) is 5.26 Å². The highest BCUT2D eigenvalue weighted by Crippen LogP contribution is 2.33. The number of hydrogen-bond donors (Lipinski definition) is 1. The summed E-state index contributed by atoms with van der Waals surface area (Å²) >= 11 is 1.26. The number of carbonyl (C=O) groups excluding carboxylic acids is 1. The van der Waals surface area contributed by atoms with Gasteiger partial charge >= 0.3 is 0 Å². The number of sulfone groups is 1. The topological polar surface area (TPSA) is 122 Å². The van der Waals surface area contributed by atoms with Crippen LogP contribution in [-0.2, 0) is 26.1 Å². The minimum Gasteiger partial charge on any atom is -0.390 e. The van der Waals surface area contributed by atoms with Crippen molar-refractivity contribution >= 4 is 37.9 Å². The summed E-state index contributed by atoms with van der Waals surface area (Å²) in [6.07, 6.45) is 2.91. The third-order valence-corrected chi connectivity index (χ3v) is 7.70. The number of carbonyl (C=O) groups is 1. The number of amides is 1. The van der Waals surface area contributed by atoms with E-state index in [1.807, 2.05) is 0 Å². The fourth-order valence-corrected chi connectivity index (χ4v) is 5.12. The van der Waals surface area contributed by atoms with Crippen molar-refractivity contribution in [3.05, 3.63) is 76.8 Å². The lowest BCUT2D eigenvalue weighted by Crippen LogP contribution is -2.24. The number of thiazole rings is 1. The zero-order valence-corrected chi connectivity index (χ0v) is 18.4. The van der Waals surface area contributed by atoms with E-state index in [1.54, 1.807) is 35.8 Å². The van der Waals surface area contributed by atoms with Crippen molar-refractivity contribution in [3.8, 4) is 6.07 Å². The molecule has 1 N–H and O–H groups in total. The minimum atomic E-state index is -3.34. The van der Waals surface area contributed by atoms with E-state index in [2.05, 4.69) is 21.5 Å². The number of nitrogens with one attached hydrogen (secondary N) is 1. The Morgan fingerprint density at radius 2 is 2.03 bits per heavy atom. The van der Waals surface area contributed by atoms with Gasteiger partial charge in [0.2, 0.25) is 0 Å². The van der Waals surface area contributed by atoms with Gasteiger partial charge in [0.05, 0.1) is 21.8 Å². The summed E-state index contributed by atoms with van der Waals surface area (Å²) in [5, 5.41) is 17.5. The predicted molar refractivity (Wildman–Crippen MR) is 120 cm³/mol. The first-order valence-corrected chi connectivity index (χ1v) is 12.1. The van der Waals surface area contributed by atoms with E-state index in [1.165, 1.54) is 35.6 Å². The lowest BCUT2D eigenvalue weighted by molar-refractivity contribution is -0.110. The molecule has 3 aromatic rings. The van der Waals surface area contributed by atoms with Crippen LogP contribution < -0.4 is 5.32 Å². The van der Waals surface area contributed by atoms with Gasteiger partial charge in [0, 0.05) is 17.1 Å². The highest BCUT2D eigenvalue weighted by atomic mass is 32.2. The molecule has 0 spiro atoms. The molecule has 0 atom stereocenters. The number of oxime groups is 1. The van der Waals surface area contributed by atoms with Gasteiger partial charge in [0.1, 0.15) is 6.61 Å². The van der Waals surface area contributed by atoms with E-state index in [9.17, 15) is 13.2 Å². The molecule has 32 heavy (non-hydrogen) atoms. The Hall–Kier alpha value is -3.55. The van der Waals surface area contributed by atoms with E-state index in [0.717, 1.165) is 5.56 Å². The van der Waals surface area contributed by atoms with Crippen LogP contribution in [0.15, 0.2) is 70.2 Å². The van der Waals surface area contributed by atoms with Gasteiger partial charge in [0.15, 0.2) is 20.7 Å². The second kappa shape index (κ2) is 9.30. The molecule has 2 aromatic carbocycles. The molecule has 0 unspecified atom stereocenters. The summed E-state index contributed by atoms with van der Waals surface area (Å²) in [4.78, 5) is 22.5. The smallest absolute Gasteiger partial charge is 0.280 e. The Bertz CT molecular complexity index is 1290. The first-order chi connectivity index (χ1) is 15.5. The second-order valence-electron chi connectivity index (χ2n) is 7.09. The molecule has 4 rings (SSSR count). The van der Waals surface area contributed by atoms with Crippen LogP contribution in [0.5, 0.6) is 0 Å². The molecule has 1 saturated carbocycles. The standard InChI is InChI=1S/C22H18N4O4S2/c23-13-15-2-1-3-16(12-15)14-30-26-20(21(27)25-22-24-10-11-31-22)17-4-6-18(7-5-17)32(28,29)19-8-9-19/h1-7,10-12,19H,8-9,14H2,(H,24,25,27)/b26-20+. The highest BCUT2D eigenvalue weighted by molar-refractivity contribution is 7.92. The van der Waals surface area contributed by atoms with Crippen molar-refractivity contribution < 1.29 is 18.0 Å². The maximum atomic E-state index is 12.8. The molecular formula is C22H18N4O4S2. The molecule has 0 radical (unpaired) electrons. The number of benzene rings is 2. The molecule has 1 aliphatic rings. The SMILES string of the molecule is N#Cc1cccc(CO/N=C(/C(=O)Nc2nccs2)c2ccc(S(=O)(=O)C3CC3)cc2)c1. The molecule has 162 valence electrons. The third-order valence-electron chi connectivity index (χ3n) is 4.73. The zero-order valence-electron chi connectivity index (χ0n) is 16.8. The van der Waals surface area contributed by atoms with Crippen LogP contribution in [-0.4, -0.2) is 30.3 Å². The molecule has 1 aromatic heterocycles. The number of aromatic nitrogens is 1. The lowest BCUT2D eigenvalue weighted by atomic mass is 10.1. The van der Waals surface area contributed by atoms with Crippen molar-refractivity contribution in [1.82, 2.24) is 4.98 Å². The van der Waals surface area contributed by atoms with Crippen molar-refractivity contribution in [2.75, 3.05) is 5.32 Å². The maximum Gasteiger partial charge on any atom is 0.280 e. The normalized spacial score (nSPS) is 13.9. The summed E-state index contributed by atoms with van der Waals surface area (Å²) < 4.78 is 24.9. The van der Waals surface area contributed by atoms with Gasteiger partial charge < -0.3 is 4.84 Å². The number of hydrogen-bond acceptors (Lipinski definition) is 8. The van der Waals surface area contributed by atoms with Gasteiger partial charge in [0.25, 0.3) is 5.91 Å². The first-order valence-electron chi connectivity index (χ1n) is 9.71. The average molecular weight is 467 g/mol. The number of nitrogens with zero attached hydrogens (tertiary/aromatic N) is 3. The molecule has 0 saturated heterocycles. The van der Waals surface area contributed by atoms with E-state index in [-0.39, 0.29) is 22.5 Å². The summed E-state index contributed by atoms with van der Waals surface area (Å²) in [7, 11) is -3.34. The molecule has 1 heterocycles. The first kappa shape index (κ1) is 21.7. The Kier molecular flexibility index (Phi) is 6.30. The third kappa shape index (κ3) is 5.01. The Morgan fingerprint density at radius 1 is 1.25 bits per heavy atom. The van der Waals surface area contributed by atoms with Crippen molar-refractivity contribution in [3.63, 3.8) is 0 Å². The van der Waals surface area contributed by atoms with E-state index < -0.39 is 15.7 Å². The van der Waals surface area contributed by atoms with Crippen LogP contribution in [0.4, 0.5) is 5.13 Å². The fraction of sp³-hybridized carbons (Fsp3) is 0.182. The van der Waals surface area contributed by atoms with Crippen LogP contribution >= 0.6 is 11.3 Å². The Labute approximate surface area is 189 Å². The molecule has 1 amide bonds. The summed E-state index contributed by atoms with van der Waals surface area (Å²) in [6.45, 7) is 0.0533. The average Bonchev–Trinajstić information content (AvgIpc) is 3.55. The van der Waals surface area contributed by atoms with E-state index in [4.69, 9.17) is 10.1 Å². The van der Waals surface area contributed by atoms with Gasteiger partial charge in [-0.15, -0.1) is 11.3 Å². The zero-order chi connectivity index (χ0) is 22.6. The quantitative estimate of drug-likeness (QED) is 0.400. The summed E-state index contributed by atoms with van der Waals surface area (Å²) in [5.74, 6) is -0.538. The highest BCUT2D eigenvalue weighted by Gasteiger charge is 2.36. The van der Waals surface area contributed by atoms with Gasteiger partial charge in [-0.3, -0.25) is 10.1 Å². The van der Waals surface area contributed by atoms with Gasteiger partial charge in [-0.1, -0.05) is 29.4 Å². The Morgan fingerprint density at radius 3 is 2.69 bits per heavy atom. The lowest BCUT2D eigenvalue weighted by Gasteiger charge is -2.09. The fourth-order valence-electron chi connectivity index (χ4n) is 2.94. The maximum absolute atomic E-state index is 12.8. The van der Waals surface area contributed by atoms with Crippen molar-refractivity contribution in [2.24, 2.45) is 5.16 Å². The largest absolute Gasteiger partial charge is 0.390 e. The number of rotatable bonds is 8. The van der Waals surface area contributed by atoms with Crippen LogP contribution in [0.2, 0.25) is 0 Å². The van der Waals surface area contributed by atoms with E-state index >= 15 is 0 Å². The molecule has 0 aliphatic heterocycles. The molecule has 8 nitrogen and oxygen atoms in total. The van der Waals surface area contributed by atoms with Crippen LogP contribution in [0, 0.1) is 11.3 Å². The van der Waals surface area contributed by atoms with Gasteiger partial charge in [-0.05, 0) is 42.7 Å². The minimum absolute atomic E-state index is 0.0213. The summed E-state index contributed by atoms with van der Waals surface area (Å²) in [5.41, 5.74) is 1.59. The molecule has 0 bridgehead atoms. The number of nitriles is 1. The van der Waals surface area contributed by atoms with Gasteiger partial charge in [-0.2, -0.15) is 5.26 Å². The Balaban J connectivity index is 1.57. The monoisotopic (exact) mass is 466 g/mol. The van der Waals surface area contributed by atoms with Crippen molar-refractivity contribution in [2.45, 2.75) is 29.6 Å². The summed E-state index contributed by atoms with van der Waals surface area (Å²) in [6, 6.07) is 14.9. The predicted octanol–water partition coefficient (Wildman–Crippen LogP) is 3.51.